The quantitative estimate of drug-likeness (QED) is 0.758. The van der Waals surface area contributed by atoms with Crippen molar-refractivity contribution in [1.82, 2.24) is 0 Å². The predicted molar refractivity (Wildman–Crippen MR) is 81.7 cm³/mol. The first-order chi connectivity index (χ1) is 9.75. The normalized spacial score (nSPS) is 16.5. The molecule has 0 radical (unpaired) electrons. The van der Waals surface area contributed by atoms with Crippen molar-refractivity contribution in [2.75, 3.05) is 12.9 Å². The summed E-state index contributed by atoms with van der Waals surface area (Å²) in [6.07, 6.45) is 1.78. The Morgan fingerprint density at radius 3 is 2.52 bits per heavy atom. The van der Waals surface area contributed by atoms with Crippen molar-refractivity contribution in [3.05, 3.63) is 34.9 Å². The number of rotatable bonds is 6. The number of esters is 1. The number of hydrogen-bond acceptors (Lipinski definition) is 4. The van der Waals surface area contributed by atoms with Crippen LogP contribution in [0.4, 0.5) is 0 Å². The molecule has 1 saturated carbocycles. The van der Waals surface area contributed by atoms with Crippen LogP contribution in [0.25, 0.3) is 0 Å². The van der Waals surface area contributed by atoms with E-state index in [2.05, 4.69) is 4.74 Å². The van der Waals surface area contributed by atoms with Gasteiger partial charge in [-0.1, -0.05) is 23.8 Å². The second-order valence-corrected chi connectivity index (χ2v) is 8.28. The molecule has 1 aliphatic carbocycles. The Labute approximate surface area is 126 Å². The highest BCUT2D eigenvalue weighted by atomic mass is 32.2. The summed E-state index contributed by atoms with van der Waals surface area (Å²) in [5.74, 6) is -0.208. The van der Waals surface area contributed by atoms with Crippen LogP contribution in [0.3, 0.4) is 0 Å². The molecule has 4 nitrogen and oxygen atoms in total. The predicted octanol–water partition coefficient (Wildman–Crippen LogP) is 2.56. The summed E-state index contributed by atoms with van der Waals surface area (Å²) in [4.78, 5) is 11.4. The van der Waals surface area contributed by atoms with Crippen LogP contribution >= 0.6 is 0 Å². The van der Waals surface area contributed by atoms with Crippen molar-refractivity contribution in [2.24, 2.45) is 5.41 Å². The molecule has 2 rings (SSSR count). The fourth-order valence-corrected chi connectivity index (χ4v) is 4.85. The van der Waals surface area contributed by atoms with E-state index in [9.17, 15) is 13.2 Å². The van der Waals surface area contributed by atoms with Gasteiger partial charge in [-0.15, -0.1) is 0 Å². The molecule has 1 aromatic carbocycles. The Balaban J connectivity index is 2.09. The van der Waals surface area contributed by atoms with Gasteiger partial charge in [-0.3, -0.25) is 4.79 Å². The van der Waals surface area contributed by atoms with Gasteiger partial charge in [0.2, 0.25) is 0 Å². The molecule has 0 spiro atoms. The lowest BCUT2D eigenvalue weighted by Gasteiger charge is -2.15. The van der Waals surface area contributed by atoms with Crippen LogP contribution in [0.5, 0.6) is 0 Å². The molecule has 1 fully saturated rings. The van der Waals surface area contributed by atoms with Gasteiger partial charge >= 0.3 is 5.97 Å². The van der Waals surface area contributed by atoms with E-state index in [1.807, 2.05) is 32.0 Å². The van der Waals surface area contributed by atoms with E-state index in [1.165, 1.54) is 7.11 Å². The van der Waals surface area contributed by atoms with Crippen LogP contribution < -0.4 is 0 Å². The molecule has 0 saturated heterocycles. The Morgan fingerprint density at radius 2 is 1.95 bits per heavy atom. The third-order valence-corrected chi connectivity index (χ3v) is 5.91. The van der Waals surface area contributed by atoms with Crippen LogP contribution in [0.15, 0.2) is 18.2 Å². The fourth-order valence-electron chi connectivity index (χ4n) is 2.64. The first-order valence-corrected chi connectivity index (χ1v) is 8.91. The minimum absolute atomic E-state index is 0.0451. The summed E-state index contributed by atoms with van der Waals surface area (Å²) < 4.78 is 29.5. The molecular weight excluding hydrogens is 288 g/mol. The molecule has 5 heteroatoms. The zero-order valence-electron chi connectivity index (χ0n) is 12.8. The third-order valence-electron chi connectivity index (χ3n) is 4.11. The van der Waals surface area contributed by atoms with Gasteiger partial charge in [-0.2, -0.15) is 0 Å². The van der Waals surface area contributed by atoms with Crippen molar-refractivity contribution in [1.29, 1.82) is 0 Å². The highest BCUT2D eigenvalue weighted by Crippen LogP contribution is 2.50. The van der Waals surface area contributed by atoms with Crippen molar-refractivity contribution in [2.45, 2.75) is 38.9 Å². The maximum Gasteiger partial charge on any atom is 0.306 e. The smallest absolute Gasteiger partial charge is 0.306 e. The Bertz CT molecular complexity index is 642. The second-order valence-electron chi connectivity index (χ2n) is 6.22. The summed E-state index contributed by atoms with van der Waals surface area (Å²) >= 11 is 0. The van der Waals surface area contributed by atoms with Gasteiger partial charge in [0.15, 0.2) is 9.84 Å². The van der Waals surface area contributed by atoms with E-state index in [0.29, 0.717) is 0 Å². The van der Waals surface area contributed by atoms with Crippen molar-refractivity contribution in [3.8, 4) is 0 Å². The average molecular weight is 310 g/mol. The van der Waals surface area contributed by atoms with Crippen LogP contribution in [-0.2, 0) is 25.1 Å². The van der Waals surface area contributed by atoms with E-state index < -0.39 is 9.84 Å². The molecule has 0 N–H and O–H groups in total. The number of sulfone groups is 1. The molecular formula is C16H22O4S. The molecule has 0 aromatic heterocycles. The minimum atomic E-state index is -3.23. The number of hydrogen-bond donors (Lipinski definition) is 0. The van der Waals surface area contributed by atoms with E-state index in [4.69, 9.17) is 0 Å². The van der Waals surface area contributed by atoms with Gasteiger partial charge in [0.25, 0.3) is 0 Å². The van der Waals surface area contributed by atoms with E-state index >= 15 is 0 Å². The maximum absolute atomic E-state index is 12.4. The summed E-state index contributed by atoms with van der Waals surface area (Å²) in [5.41, 5.74) is 2.51. The standard InChI is InChI=1S/C16H22O4S/c1-12-4-5-13(2)14(8-12)10-21(18,19)11-16(6-7-16)9-15(17)20-3/h4-5,8H,6-7,9-11H2,1-3H3. The fraction of sp³-hybridized carbons (Fsp3) is 0.562. The summed E-state index contributed by atoms with van der Waals surface area (Å²) in [7, 11) is -1.89. The largest absolute Gasteiger partial charge is 0.469 e. The Morgan fingerprint density at radius 1 is 1.29 bits per heavy atom. The van der Waals surface area contributed by atoms with Gasteiger partial charge in [0, 0.05) is 0 Å². The van der Waals surface area contributed by atoms with Gasteiger partial charge in [0.1, 0.15) is 0 Å². The van der Waals surface area contributed by atoms with Crippen molar-refractivity contribution >= 4 is 15.8 Å². The first kappa shape index (κ1) is 16.0. The molecule has 1 aliphatic rings. The monoisotopic (exact) mass is 310 g/mol. The molecule has 0 aliphatic heterocycles. The zero-order valence-corrected chi connectivity index (χ0v) is 13.6. The molecule has 1 aromatic rings. The first-order valence-electron chi connectivity index (χ1n) is 7.09. The van der Waals surface area contributed by atoms with Gasteiger partial charge in [-0.25, -0.2) is 8.42 Å². The van der Waals surface area contributed by atoms with Gasteiger partial charge in [-0.05, 0) is 43.2 Å². The Kier molecular flexibility index (Phi) is 4.42. The lowest BCUT2D eigenvalue weighted by Crippen LogP contribution is -2.22. The third kappa shape index (κ3) is 4.30. The summed E-state index contributed by atoms with van der Waals surface area (Å²) in [6, 6.07) is 5.85. The molecule has 0 unspecified atom stereocenters. The number of carbonyl (C=O) groups is 1. The molecule has 0 bridgehead atoms. The topological polar surface area (TPSA) is 60.4 Å². The molecule has 0 amide bonds. The lowest BCUT2D eigenvalue weighted by atomic mass is 10.1. The summed E-state index contributed by atoms with van der Waals surface area (Å²) in [6.45, 7) is 3.88. The van der Waals surface area contributed by atoms with Crippen LogP contribution in [0.1, 0.15) is 36.0 Å². The Hall–Kier alpha value is -1.36. The highest BCUT2D eigenvalue weighted by molar-refractivity contribution is 7.90. The van der Waals surface area contributed by atoms with E-state index in [-0.39, 0.29) is 29.3 Å². The highest BCUT2D eigenvalue weighted by Gasteiger charge is 2.47. The van der Waals surface area contributed by atoms with E-state index in [0.717, 1.165) is 29.5 Å². The van der Waals surface area contributed by atoms with Crippen LogP contribution in [0.2, 0.25) is 0 Å². The van der Waals surface area contributed by atoms with Crippen LogP contribution in [-0.4, -0.2) is 27.2 Å². The van der Waals surface area contributed by atoms with Crippen LogP contribution in [0, 0.1) is 19.3 Å². The maximum atomic E-state index is 12.4. The molecule has 21 heavy (non-hydrogen) atoms. The second kappa shape index (κ2) is 5.79. The number of carbonyl (C=O) groups excluding carboxylic acids is 1. The number of benzene rings is 1. The lowest BCUT2D eigenvalue weighted by molar-refractivity contribution is -0.141. The van der Waals surface area contributed by atoms with Gasteiger partial charge < -0.3 is 4.74 Å². The summed E-state index contributed by atoms with van der Waals surface area (Å²) in [5, 5.41) is 0. The molecule has 0 heterocycles. The average Bonchev–Trinajstić information content (AvgIpc) is 3.11. The minimum Gasteiger partial charge on any atom is -0.469 e. The molecule has 0 atom stereocenters. The van der Waals surface area contributed by atoms with Crippen molar-refractivity contribution < 1.29 is 17.9 Å². The SMILES string of the molecule is COC(=O)CC1(CS(=O)(=O)Cc2cc(C)ccc2C)CC1. The van der Waals surface area contributed by atoms with Crippen molar-refractivity contribution in [3.63, 3.8) is 0 Å². The number of ether oxygens (including phenoxy) is 1. The van der Waals surface area contributed by atoms with E-state index in [1.54, 1.807) is 0 Å². The van der Waals surface area contributed by atoms with Gasteiger partial charge in [0.05, 0.1) is 25.0 Å². The molecule has 116 valence electrons. The number of aryl methyl sites for hydroxylation is 2. The zero-order chi connectivity index (χ0) is 15.7. The number of methoxy groups -OCH3 is 1.